The van der Waals surface area contributed by atoms with Crippen molar-refractivity contribution in [2.75, 3.05) is 20.8 Å². The molecule has 0 radical (unpaired) electrons. The van der Waals surface area contributed by atoms with Gasteiger partial charge in [0.05, 0.1) is 20.3 Å². The average molecular weight is 429 g/mol. The number of benzene rings is 2. The summed E-state index contributed by atoms with van der Waals surface area (Å²) >= 11 is 1.79. The molecule has 1 aliphatic heterocycles. The number of methoxy groups -OCH3 is 2. The zero-order chi connectivity index (χ0) is 21.1. The van der Waals surface area contributed by atoms with Crippen LogP contribution in [0.3, 0.4) is 0 Å². The van der Waals surface area contributed by atoms with Crippen LogP contribution in [0.2, 0.25) is 0 Å². The molecule has 0 aromatic heterocycles. The molecule has 1 saturated carbocycles. The second-order valence-corrected chi connectivity index (χ2v) is 9.25. The van der Waals surface area contributed by atoms with Gasteiger partial charge in [-0.05, 0) is 49.6 Å². The lowest BCUT2D eigenvalue weighted by Gasteiger charge is -2.24. The number of ether oxygens (including phenoxy) is 2. The summed E-state index contributed by atoms with van der Waals surface area (Å²) in [5, 5.41) is 13.8. The molecule has 7 heteroatoms. The predicted octanol–water partition coefficient (Wildman–Crippen LogP) is 3.42. The zero-order valence-electron chi connectivity index (χ0n) is 17.3. The highest BCUT2D eigenvalue weighted by Gasteiger charge is 2.39. The van der Waals surface area contributed by atoms with E-state index in [0.29, 0.717) is 23.6 Å². The van der Waals surface area contributed by atoms with Crippen LogP contribution in [0, 0.1) is 0 Å². The Labute approximate surface area is 181 Å². The largest absolute Gasteiger partial charge is 0.507 e. The van der Waals surface area contributed by atoms with Crippen LogP contribution >= 0.6 is 11.8 Å². The molecule has 2 atom stereocenters. The van der Waals surface area contributed by atoms with Gasteiger partial charge in [-0.25, -0.2) is 0 Å². The molecule has 0 bridgehead atoms. The fraction of sp³-hybridized carbons (Fsp3) is 0.435. The fourth-order valence-electron chi connectivity index (χ4n) is 3.79. The molecule has 2 aliphatic rings. The number of hydrogen-bond acceptors (Lipinski definition) is 6. The maximum Gasteiger partial charge on any atom is 0.237 e. The van der Waals surface area contributed by atoms with Gasteiger partial charge >= 0.3 is 0 Å². The van der Waals surface area contributed by atoms with E-state index >= 15 is 0 Å². The van der Waals surface area contributed by atoms with Crippen molar-refractivity contribution >= 4 is 17.7 Å². The minimum atomic E-state index is -0.192. The fourth-order valence-corrected chi connectivity index (χ4v) is 5.01. The lowest BCUT2D eigenvalue weighted by atomic mass is 10.1. The number of phenolic OH excluding ortho intramolecular Hbond substituents is 1. The zero-order valence-corrected chi connectivity index (χ0v) is 18.2. The Morgan fingerprint density at radius 3 is 2.47 bits per heavy atom. The molecule has 30 heavy (non-hydrogen) atoms. The van der Waals surface area contributed by atoms with E-state index in [-0.39, 0.29) is 17.7 Å². The minimum Gasteiger partial charge on any atom is -0.507 e. The molecule has 2 N–H and O–H groups in total. The van der Waals surface area contributed by atoms with Gasteiger partial charge in [-0.3, -0.25) is 9.69 Å². The quantitative estimate of drug-likeness (QED) is 0.671. The monoisotopic (exact) mass is 428 g/mol. The topological polar surface area (TPSA) is 71.0 Å². The number of aromatic hydroxyl groups is 1. The van der Waals surface area contributed by atoms with Crippen LogP contribution in [0.25, 0.3) is 0 Å². The first-order valence-electron chi connectivity index (χ1n) is 10.3. The number of amides is 1. The summed E-state index contributed by atoms with van der Waals surface area (Å²) in [5.74, 6) is 1.75. The number of hydrogen-bond donors (Lipinski definition) is 2. The minimum absolute atomic E-state index is 0.100. The van der Waals surface area contributed by atoms with E-state index in [1.165, 1.54) is 0 Å². The molecule has 0 unspecified atom stereocenters. The SMILES string of the molecule is COc1ccc(S[C@@H]2C[C@@H](C(=O)NC3CC3)N(Cc3ccc(OC)cc3O)C2)cc1. The van der Waals surface area contributed by atoms with Crippen molar-refractivity contribution < 1.29 is 19.4 Å². The summed E-state index contributed by atoms with van der Waals surface area (Å²) < 4.78 is 10.4. The molecule has 2 aromatic carbocycles. The molecule has 2 aromatic rings. The number of carbonyl (C=O) groups excluding carboxylic acids is 1. The summed E-state index contributed by atoms with van der Waals surface area (Å²) in [6.45, 7) is 1.31. The maximum absolute atomic E-state index is 12.9. The van der Waals surface area contributed by atoms with Crippen LogP contribution < -0.4 is 14.8 Å². The number of thioether (sulfide) groups is 1. The van der Waals surface area contributed by atoms with E-state index in [1.54, 1.807) is 32.0 Å². The van der Waals surface area contributed by atoms with Crippen molar-refractivity contribution in [1.82, 2.24) is 10.2 Å². The summed E-state index contributed by atoms with van der Waals surface area (Å²) in [6.07, 6.45) is 2.93. The predicted molar refractivity (Wildman–Crippen MR) is 117 cm³/mol. The first kappa shape index (κ1) is 20.9. The molecule has 2 fully saturated rings. The Balaban J connectivity index is 1.47. The molecule has 1 aliphatic carbocycles. The average Bonchev–Trinajstić information content (AvgIpc) is 3.48. The number of rotatable bonds is 8. The molecule has 1 saturated heterocycles. The Kier molecular flexibility index (Phi) is 6.39. The number of phenols is 1. The third-order valence-corrected chi connectivity index (χ3v) is 6.84. The van der Waals surface area contributed by atoms with Crippen LogP contribution in [0.1, 0.15) is 24.8 Å². The summed E-state index contributed by atoms with van der Waals surface area (Å²) in [7, 11) is 3.24. The van der Waals surface area contributed by atoms with Gasteiger partial charge in [0.2, 0.25) is 5.91 Å². The Bertz CT molecular complexity index is 885. The first-order chi connectivity index (χ1) is 14.6. The molecule has 1 amide bonds. The summed E-state index contributed by atoms with van der Waals surface area (Å²) in [4.78, 5) is 16.2. The molecule has 4 rings (SSSR count). The smallest absolute Gasteiger partial charge is 0.237 e. The van der Waals surface area contributed by atoms with Crippen molar-refractivity contribution in [3.63, 3.8) is 0 Å². The van der Waals surface area contributed by atoms with Crippen LogP contribution in [0.5, 0.6) is 17.2 Å². The van der Waals surface area contributed by atoms with Crippen molar-refractivity contribution in [2.24, 2.45) is 0 Å². The van der Waals surface area contributed by atoms with Gasteiger partial charge in [0.1, 0.15) is 17.2 Å². The number of nitrogens with zero attached hydrogens (tertiary/aromatic N) is 1. The molecule has 6 nitrogen and oxygen atoms in total. The van der Waals surface area contributed by atoms with Crippen LogP contribution in [0.15, 0.2) is 47.4 Å². The van der Waals surface area contributed by atoms with E-state index in [1.807, 2.05) is 24.3 Å². The Morgan fingerprint density at radius 2 is 1.83 bits per heavy atom. The van der Waals surface area contributed by atoms with Crippen molar-refractivity contribution in [3.8, 4) is 17.2 Å². The van der Waals surface area contributed by atoms with Gasteiger partial charge in [-0.2, -0.15) is 0 Å². The van der Waals surface area contributed by atoms with Gasteiger partial charge < -0.3 is 19.9 Å². The third kappa shape index (κ3) is 5.02. The standard InChI is InChI=1S/C23H28N2O4S/c1-28-17-7-9-19(10-8-17)30-20-12-21(23(27)24-16-4-5-16)25(14-20)13-15-3-6-18(29-2)11-22(15)26/h3,6-11,16,20-21,26H,4-5,12-14H2,1-2H3,(H,24,27)/t20-,21+/m1/s1. The molecule has 1 heterocycles. The second-order valence-electron chi connectivity index (χ2n) is 7.87. The van der Waals surface area contributed by atoms with Crippen LogP contribution in [-0.4, -0.2) is 54.0 Å². The maximum atomic E-state index is 12.9. The Hall–Kier alpha value is -2.38. The van der Waals surface area contributed by atoms with E-state index in [4.69, 9.17) is 9.47 Å². The number of carbonyl (C=O) groups is 1. The third-order valence-electron chi connectivity index (χ3n) is 5.62. The molecule has 0 spiro atoms. The summed E-state index contributed by atoms with van der Waals surface area (Å²) in [5.41, 5.74) is 0.801. The van der Waals surface area contributed by atoms with Gasteiger partial charge in [-0.15, -0.1) is 11.8 Å². The van der Waals surface area contributed by atoms with Crippen molar-refractivity contribution in [3.05, 3.63) is 48.0 Å². The molecule has 160 valence electrons. The highest BCUT2D eigenvalue weighted by Crippen LogP contribution is 2.36. The lowest BCUT2D eigenvalue weighted by Crippen LogP contribution is -2.43. The highest BCUT2D eigenvalue weighted by molar-refractivity contribution is 8.00. The van der Waals surface area contributed by atoms with E-state index in [2.05, 4.69) is 22.3 Å². The molecular weight excluding hydrogens is 400 g/mol. The normalized spacial score (nSPS) is 21.4. The van der Waals surface area contributed by atoms with Gasteiger partial charge in [0.25, 0.3) is 0 Å². The number of nitrogens with one attached hydrogen (secondary N) is 1. The van der Waals surface area contributed by atoms with E-state index in [9.17, 15) is 9.90 Å². The highest BCUT2D eigenvalue weighted by atomic mass is 32.2. The number of likely N-dealkylation sites (tertiary alicyclic amines) is 1. The van der Waals surface area contributed by atoms with Crippen molar-refractivity contribution in [1.29, 1.82) is 0 Å². The van der Waals surface area contributed by atoms with E-state index in [0.717, 1.165) is 42.0 Å². The van der Waals surface area contributed by atoms with Gasteiger partial charge in [-0.1, -0.05) is 6.07 Å². The second kappa shape index (κ2) is 9.18. The van der Waals surface area contributed by atoms with Crippen LogP contribution in [-0.2, 0) is 11.3 Å². The molecular formula is C23H28N2O4S. The van der Waals surface area contributed by atoms with Gasteiger partial charge in [0.15, 0.2) is 0 Å². The van der Waals surface area contributed by atoms with Crippen LogP contribution in [0.4, 0.5) is 0 Å². The van der Waals surface area contributed by atoms with Gasteiger partial charge in [0, 0.05) is 40.9 Å². The lowest BCUT2D eigenvalue weighted by molar-refractivity contribution is -0.125. The first-order valence-corrected chi connectivity index (χ1v) is 11.1. The van der Waals surface area contributed by atoms with E-state index < -0.39 is 0 Å². The summed E-state index contributed by atoms with van der Waals surface area (Å²) in [6, 6.07) is 13.5. The Morgan fingerprint density at radius 1 is 1.13 bits per heavy atom. The van der Waals surface area contributed by atoms with Crippen molar-refractivity contribution in [2.45, 2.75) is 48.0 Å².